The third-order valence-electron chi connectivity index (χ3n) is 4.89. The van der Waals surface area contributed by atoms with Crippen LogP contribution in [-0.4, -0.2) is 21.3 Å². The van der Waals surface area contributed by atoms with E-state index >= 15 is 0 Å². The van der Waals surface area contributed by atoms with Crippen LogP contribution in [0.1, 0.15) is 5.56 Å². The van der Waals surface area contributed by atoms with Gasteiger partial charge >= 0.3 is 0 Å². The number of fused-ring (bicyclic) bond motifs is 1. The molecule has 1 heterocycles. The van der Waals surface area contributed by atoms with Gasteiger partial charge in [-0.1, -0.05) is 11.6 Å². The minimum Gasteiger partial charge on any atom is -0.497 e. The molecule has 4 rings (SSSR count). The molecule has 5 heteroatoms. The Hall–Kier alpha value is -3.73. The number of ether oxygens (including phenoxy) is 3. The lowest BCUT2D eigenvalue weighted by Gasteiger charge is -2.10. The molecule has 0 atom stereocenters. The van der Waals surface area contributed by atoms with E-state index in [2.05, 4.69) is 13.0 Å². The zero-order chi connectivity index (χ0) is 21.1. The molecule has 1 aromatic heterocycles. The van der Waals surface area contributed by atoms with Crippen molar-refractivity contribution in [3.05, 3.63) is 77.7 Å². The second-order valence-corrected chi connectivity index (χ2v) is 6.88. The molecule has 3 aromatic carbocycles. The molecule has 0 aliphatic heterocycles. The lowest BCUT2D eigenvalue weighted by atomic mass is 10.1. The van der Waals surface area contributed by atoms with E-state index in [0.717, 1.165) is 38.9 Å². The first-order valence-electron chi connectivity index (χ1n) is 9.57. The zero-order valence-electron chi connectivity index (χ0n) is 17.4. The van der Waals surface area contributed by atoms with Crippen molar-refractivity contribution in [3.8, 4) is 28.6 Å². The Balaban J connectivity index is 1.92. The molecule has 0 saturated heterocycles. The molecule has 0 saturated carbocycles. The van der Waals surface area contributed by atoms with Gasteiger partial charge in [-0.15, -0.1) is 0 Å². The molecular weight excluding hydrogens is 378 g/mol. The van der Waals surface area contributed by atoms with E-state index in [1.807, 2.05) is 60.7 Å². The molecular formula is C25H23NO4. The molecule has 0 unspecified atom stereocenters. The van der Waals surface area contributed by atoms with Gasteiger partial charge in [0.15, 0.2) is 11.5 Å². The maximum absolute atomic E-state index is 6.21. The van der Waals surface area contributed by atoms with E-state index in [1.54, 1.807) is 21.3 Å². The van der Waals surface area contributed by atoms with Gasteiger partial charge in [0.05, 0.1) is 32.4 Å². The maximum atomic E-state index is 6.21. The summed E-state index contributed by atoms with van der Waals surface area (Å²) in [4.78, 5) is 4.88. The summed E-state index contributed by atoms with van der Waals surface area (Å²) >= 11 is 0. The van der Waals surface area contributed by atoms with Gasteiger partial charge in [-0.25, -0.2) is 4.99 Å². The largest absolute Gasteiger partial charge is 0.497 e. The highest BCUT2D eigenvalue weighted by atomic mass is 16.5. The Morgan fingerprint density at radius 2 is 1.50 bits per heavy atom. The van der Waals surface area contributed by atoms with Crippen molar-refractivity contribution in [2.45, 2.75) is 6.92 Å². The van der Waals surface area contributed by atoms with Crippen molar-refractivity contribution in [1.82, 2.24) is 0 Å². The molecule has 5 nitrogen and oxygen atoms in total. The second-order valence-electron chi connectivity index (χ2n) is 6.88. The van der Waals surface area contributed by atoms with Gasteiger partial charge in [-0.2, -0.15) is 0 Å². The topological polar surface area (TPSA) is 53.2 Å². The zero-order valence-corrected chi connectivity index (χ0v) is 17.4. The molecule has 0 bridgehead atoms. The monoisotopic (exact) mass is 401 g/mol. The Bertz CT molecular complexity index is 1260. The molecule has 152 valence electrons. The van der Waals surface area contributed by atoms with Crippen LogP contribution >= 0.6 is 0 Å². The van der Waals surface area contributed by atoms with Gasteiger partial charge in [0, 0.05) is 17.0 Å². The number of nitrogens with zero attached hydrogens (tertiary/aromatic N) is 1. The number of methoxy groups -OCH3 is 3. The Labute approximate surface area is 175 Å². The summed E-state index contributed by atoms with van der Waals surface area (Å²) in [5.74, 6) is 2.80. The van der Waals surface area contributed by atoms with Crippen molar-refractivity contribution in [1.29, 1.82) is 0 Å². The van der Waals surface area contributed by atoms with Crippen LogP contribution in [0.2, 0.25) is 0 Å². The average molecular weight is 401 g/mol. The third kappa shape index (κ3) is 3.87. The van der Waals surface area contributed by atoms with E-state index in [-0.39, 0.29) is 0 Å². The van der Waals surface area contributed by atoms with Crippen molar-refractivity contribution >= 4 is 16.7 Å². The van der Waals surface area contributed by atoms with Crippen molar-refractivity contribution in [3.63, 3.8) is 0 Å². The summed E-state index contributed by atoms with van der Waals surface area (Å²) in [5, 5.41) is 1.78. The number of hydrogen-bond acceptors (Lipinski definition) is 5. The number of hydrogen-bond donors (Lipinski definition) is 0. The van der Waals surface area contributed by atoms with Crippen molar-refractivity contribution in [2.75, 3.05) is 21.3 Å². The van der Waals surface area contributed by atoms with Gasteiger partial charge < -0.3 is 18.6 Å². The molecule has 0 aliphatic rings. The van der Waals surface area contributed by atoms with Crippen molar-refractivity contribution in [2.24, 2.45) is 4.99 Å². The van der Waals surface area contributed by atoms with Gasteiger partial charge in [-0.3, -0.25) is 0 Å². The van der Waals surface area contributed by atoms with E-state index in [9.17, 15) is 0 Å². The summed E-state index contributed by atoms with van der Waals surface area (Å²) in [6, 6.07) is 21.4. The molecule has 30 heavy (non-hydrogen) atoms. The minimum atomic E-state index is 0.642. The second kappa shape index (κ2) is 8.33. The lowest BCUT2D eigenvalue weighted by molar-refractivity contribution is 0.355. The molecule has 0 N–H and O–H groups in total. The van der Waals surface area contributed by atoms with Crippen LogP contribution < -0.4 is 19.6 Å². The van der Waals surface area contributed by atoms with Gasteiger partial charge in [-0.05, 0) is 61.5 Å². The van der Waals surface area contributed by atoms with Crippen LogP contribution in [0.5, 0.6) is 17.2 Å². The SMILES string of the molecule is COc1ccc(N=c2cc(-c3ccc(OC)c(OC)c3)oc3ccc(C)cc23)cc1. The van der Waals surface area contributed by atoms with E-state index in [4.69, 9.17) is 23.6 Å². The highest BCUT2D eigenvalue weighted by molar-refractivity contribution is 5.79. The van der Waals surface area contributed by atoms with Crippen LogP contribution in [0.3, 0.4) is 0 Å². The normalized spacial score (nSPS) is 11.5. The fourth-order valence-electron chi connectivity index (χ4n) is 3.30. The highest BCUT2D eigenvalue weighted by Gasteiger charge is 2.10. The van der Waals surface area contributed by atoms with Gasteiger partial charge in [0.1, 0.15) is 17.1 Å². The first kappa shape index (κ1) is 19.6. The first-order chi connectivity index (χ1) is 14.6. The smallest absolute Gasteiger partial charge is 0.161 e. The molecule has 0 fully saturated rings. The minimum absolute atomic E-state index is 0.642. The number of aryl methyl sites for hydroxylation is 1. The lowest BCUT2D eigenvalue weighted by Crippen LogP contribution is -2.03. The molecule has 4 aromatic rings. The summed E-state index contributed by atoms with van der Waals surface area (Å²) in [6.07, 6.45) is 0. The fraction of sp³-hybridized carbons (Fsp3) is 0.160. The first-order valence-corrected chi connectivity index (χ1v) is 9.57. The van der Waals surface area contributed by atoms with Gasteiger partial charge in [0.2, 0.25) is 0 Å². The van der Waals surface area contributed by atoms with E-state index < -0.39 is 0 Å². The van der Waals surface area contributed by atoms with Crippen LogP contribution in [0.25, 0.3) is 22.3 Å². The third-order valence-corrected chi connectivity index (χ3v) is 4.89. The summed E-state index contributed by atoms with van der Waals surface area (Å²) in [5.41, 5.74) is 3.62. The molecule has 0 amide bonds. The van der Waals surface area contributed by atoms with E-state index in [1.165, 1.54) is 0 Å². The summed E-state index contributed by atoms with van der Waals surface area (Å²) in [6.45, 7) is 2.05. The van der Waals surface area contributed by atoms with Gasteiger partial charge in [0.25, 0.3) is 0 Å². The molecule has 0 radical (unpaired) electrons. The Morgan fingerprint density at radius 1 is 0.733 bits per heavy atom. The quantitative estimate of drug-likeness (QED) is 0.433. The van der Waals surface area contributed by atoms with Crippen molar-refractivity contribution < 1.29 is 18.6 Å². The summed E-state index contributed by atoms with van der Waals surface area (Å²) in [7, 11) is 4.88. The molecule has 0 aliphatic carbocycles. The van der Waals surface area contributed by atoms with Crippen LogP contribution in [0.15, 0.2) is 76.1 Å². The predicted octanol–water partition coefficient (Wildman–Crippen LogP) is 5.67. The average Bonchev–Trinajstić information content (AvgIpc) is 2.79. The Kier molecular flexibility index (Phi) is 5.44. The van der Waals surface area contributed by atoms with Crippen LogP contribution in [-0.2, 0) is 0 Å². The highest BCUT2D eigenvalue weighted by Crippen LogP contribution is 2.33. The molecule has 0 spiro atoms. The number of benzene rings is 3. The van der Waals surface area contributed by atoms with Crippen LogP contribution in [0, 0.1) is 6.92 Å². The summed E-state index contributed by atoms with van der Waals surface area (Å²) < 4.78 is 22.3. The predicted molar refractivity (Wildman–Crippen MR) is 118 cm³/mol. The fourth-order valence-corrected chi connectivity index (χ4v) is 3.30. The number of rotatable bonds is 5. The van der Waals surface area contributed by atoms with Crippen LogP contribution in [0.4, 0.5) is 5.69 Å². The Morgan fingerprint density at radius 3 is 2.20 bits per heavy atom. The standard InChI is InChI=1S/C25H23NO4/c1-16-5-11-22-20(13-16)21(26-18-7-9-19(27-2)10-8-18)15-24(30-22)17-6-12-23(28-3)25(14-17)29-4/h5-15H,1-4H3. The van der Waals surface area contributed by atoms with E-state index in [0.29, 0.717) is 17.3 Å². The maximum Gasteiger partial charge on any atom is 0.161 e.